The van der Waals surface area contributed by atoms with Gasteiger partial charge in [-0.05, 0) is 54.4 Å². The van der Waals surface area contributed by atoms with Gasteiger partial charge < -0.3 is 19.9 Å². The van der Waals surface area contributed by atoms with Crippen molar-refractivity contribution >= 4 is 28.6 Å². The molecular weight excluding hydrogens is 416 g/mol. The molecule has 0 aliphatic rings. The van der Waals surface area contributed by atoms with Crippen LogP contribution in [0.5, 0.6) is 0 Å². The highest BCUT2D eigenvalue weighted by Crippen LogP contribution is 2.31. The molecule has 2 amide bonds. The topological polar surface area (TPSA) is 85.2 Å². The molecule has 33 heavy (non-hydrogen) atoms. The third-order valence-corrected chi connectivity index (χ3v) is 5.51. The van der Waals surface area contributed by atoms with Gasteiger partial charge in [0.1, 0.15) is 0 Å². The molecular formula is C26H26N4O3. The molecule has 1 atom stereocenters. The Morgan fingerprint density at radius 1 is 1.06 bits per heavy atom. The van der Waals surface area contributed by atoms with E-state index in [1.165, 1.54) is 0 Å². The molecule has 0 fully saturated rings. The second-order valence-corrected chi connectivity index (χ2v) is 7.68. The van der Waals surface area contributed by atoms with Crippen molar-refractivity contribution in [3.05, 3.63) is 95.9 Å². The van der Waals surface area contributed by atoms with Crippen molar-refractivity contribution < 1.29 is 14.3 Å². The number of benzene rings is 2. The summed E-state index contributed by atoms with van der Waals surface area (Å²) in [6, 6.07) is 18.4. The number of anilines is 1. The van der Waals surface area contributed by atoms with Crippen LogP contribution in [0.1, 0.15) is 34.3 Å². The van der Waals surface area contributed by atoms with E-state index >= 15 is 0 Å². The normalized spacial score (nSPS) is 11.7. The summed E-state index contributed by atoms with van der Waals surface area (Å²) in [4.78, 5) is 28.7. The standard InChI is InChI=1S/C26H26N4O3/c1-3-33-25(31)18-10-12-20(13-11-18)29-26(32)28-16-22(19-7-6-14-27-15-19)23-17-30(2)24-9-5-4-8-21(23)24/h4-15,17,22H,3,16H2,1-2H3,(H2,28,29,32). The lowest BCUT2D eigenvalue weighted by atomic mass is 9.92. The van der Waals surface area contributed by atoms with Gasteiger partial charge in [0, 0.05) is 54.7 Å². The average Bonchev–Trinajstić information content (AvgIpc) is 3.17. The number of urea groups is 1. The third kappa shape index (κ3) is 5.03. The van der Waals surface area contributed by atoms with Crippen LogP contribution in [0.15, 0.2) is 79.3 Å². The van der Waals surface area contributed by atoms with Crippen LogP contribution in [-0.4, -0.2) is 34.7 Å². The highest BCUT2D eigenvalue weighted by molar-refractivity contribution is 5.92. The molecule has 0 bridgehead atoms. The zero-order valence-electron chi connectivity index (χ0n) is 18.6. The Labute approximate surface area is 192 Å². The van der Waals surface area contributed by atoms with E-state index in [1.54, 1.807) is 37.4 Å². The Kier molecular flexibility index (Phi) is 6.69. The number of carbonyl (C=O) groups excluding carboxylic acids is 2. The number of pyridine rings is 1. The number of hydrogen-bond acceptors (Lipinski definition) is 4. The van der Waals surface area contributed by atoms with Crippen molar-refractivity contribution in [2.45, 2.75) is 12.8 Å². The van der Waals surface area contributed by atoms with Crippen LogP contribution in [0.2, 0.25) is 0 Å². The molecule has 0 saturated heterocycles. The van der Waals surface area contributed by atoms with Gasteiger partial charge >= 0.3 is 12.0 Å². The van der Waals surface area contributed by atoms with Crippen molar-refractivity contribution in [3.8, 4) is 0 Å². The molecule has 0 radical (unpaired) electrons. The minimum absolute atomic E-state index is 0.0678. The van der Waals surface area contributed by atoms with Crippen LogP contribution in [0, 0.1) is 0 Å². The summed E-state index contributed by atoms with van der Waals surface area (Å²) in [7, 11) is 2.02. The van der Waals surface area contributed by atoms with E-state index in [-0.39, 0.29) is 17.9 Å². The Balaban J connectivity index is 1.50. The number of rotatable bonds is 7. The van der Waals surface area contributed by atoms with Gasteiger partial charge in [-0.2, -0.15) is 0 Å². The lowest BCUT2D eigenvalue weighted by molar-refractivity contribution is 0.0526. The summed E-state index contributed by atoms with van der Waals surface area (Å²) >= 11 is 0. The Morgan fingerprint density at radius 3 is 2.58 bits per heavy atom. The molecule has 2 aromatic carbocycles. The first kappa shape index (κ1) is 22.1. The van der Waals surface area contributed by atoms with Gasteiger partial charge in [0.05, 0.1) is 12.2 Å². The molecule has 0 aliphatic carbocycles. The summed E-state index contributed by atoms with van der Waals surface area (Å²) in [6.45, 7) is 2.47. The van der Waals surface area contributed by atoms with Crippen LogP contribution in [0.4, 0.5) is 10.5 Å². The third-order valence-electron chi connectivity index (χ3n) is 5.51. The van der Waals surface area contributed by atoms with Gasteiger partial charge in [-0.25, -0.2) is 9.59 Å². The van der Waals surface area contributed by atoms with E-state index in [9.17, 15) is 9.59 Å². The lowest BCUT2D eigenvalue weighted by Gasteiger charge is -2.18. The number of esters is 1. The van der Waals surface area contributed by atoms with E-state index in [0.717, 1.165) is 22.0 Å². The van der Waals surface area contributed by atoms with E-state index < -0.39 is 0 Å². The first-order valence-electron chi connectivity index (χ1n) is 10.8. The number of carbonyl (C=O) groups is 2. The zero-order valence-corrected chi connectivity index (χ0v) is 18.6. The van der Waals surface area contributed by atoms with Crippen LogP contribution in [-0.2, 0) is 11.8 Å². The quantitative estimate of drug-likeness (QED) is 0.406. The van der Waals surface area contributed by atoms with E-state index in [2.05, 4.69) is 38.5 Å². The predicted octanol–water partition coefficient (Wildman–Crippen LogP) is 4.70. The highest BCUT2D eigenvalue weighted by Gasteiger charge is 2.20. The molecule has 4 rings (SSSR count). The highest BCUT2D eigenvalue weighted by atomic mass is 16.5. The van der Waals surface area contributed by atoms with Crippen LogP contribution >= 0.6 is 0 Å². The molecule has 2 heterocycles. The summed E-state index contributed by atoms with van der Waals surface area (Å²) in [5, 5.41) is 6.94. The van der Waals surface area contributed by atoms with E-state index in [4.69, 9.17) is 4.74 Å². The number of nitrogens with one attached hydrogen (secondary N) is 2. The number of aromatic nitrogens is 2. The molecule has 7 heteroatoms. The Morgan fingerprint density at radius 2 is 1.85 bits per heavy atom. The summed E-state index contributed by atoms with van der Waals surface area (Å²) < 4.78 is 7.08. The van der Waals surface area contributed by atoms with Crippen molar-refractivity contribution in [1.29, 1.82) is 0 Å². The first-order valence-corrected chi connectivity index (χ1v) is 10.8. The fraction of sp³-hybridized carbons (Fsp3) is 0.192. The Bertz CT molecular complexity index is 1250. The van der Waals surface area contributed by atoms with Gasteiger partial charge in [-0.3, -0.25) is 4.98 Å². The summed E-state index contributed by atoms with van der Waals surface area (Å²) in [6.07, 6.45) is 5.68. The molecule has 1 unspecified atom stereocenters. The average molecular weight is 443 g/mol. The number of para-hydroxylation sites is 1. The number of hydrogen-bond donors (Lipinski definition) is 2. The van der Waals surface area contributed by atoms with Gasteiger partial charge in [0.25, 0.3) is 0 Å². The summed E-state index contributed by atoms with van der Waals surface area (Å²) in [5.41, 5.74) is 4.31. The lowest BCUT2D eigenvalue weighted by Crippen LogP contribution is -2.32. The number of amides is 2. The maximum Gasteiger partial charge on any atom is 0.338 e. The van der Waals surface area contributed by atoms with Crippen LogP contribution in [0.3, 0.4) is 0 Å². The van der Waals surface area contributed by atoms with Gasteiger partial charge in [0.2, 0.25) is 0 Å². The number of ether oxygens (including phenoxy) is 1. The predicted molar refractivity (Wildman–Crippen MR) is 128 cm³/mol. The number of fused-ring (bicyclic) bond motifs is 1. The molecule has 2 N–H and O–H groups in total. The van der Waals surface area contributed by atoms with Crippen molar-refractivity contribution in [3.63, 3.8) is 0 Å². The minimum atomic E-state index is -0.386. The summed E-state index contributed by atoms with van der Waals surface area (Å²) in [5.74, 6) is -0.454. The minimum Gasteiger partial charge on any atom is -0.462 e. The maximum atomic E-state index is 12.6. The van der Waals surface area contributed by atoms with Gasteiger partial charge in [0.15, 0.2) is 0 Å². The molecule has 7 nitrogen and oxygen atoms in total. The van der Waals surface area contributed by atoms with E-state index in [1.807, 2.05) is 37.5 Å². The molecule has 4 aromatic rings. The molecule has 0 aliphatic heterocycles. The van der Waals surface area contributed by atoms with Crippen molar-refractivity contribution in [2.75, 3.05) is 18.5 Å². The fourth-order valence-corrected chi connectivity index (χ4v) is 3.91. The molecule has 0 saturated carbocycles. The van der Waals surface area contributed by atoms with Crippen molar-refractivity contribution in [1.82, 2.24) is 14.9 Å². The fourth-order valence-electron chi connectivity index (χ4n) is 3.91. The SMILES string of the molecule is CCOC(=O)c1ccc(NC(=O)NCC(c2cccnc2)c2cn(C)c3ccccc23)cc1. The van der Waals surface area contributed by atoms with Crippen molar-refractivity contribution in [2.24, 2.45) is 7.05 Å². The van der Waals surface area contributed by atoms with Crippen LogP contribution < -0.4 is 10.6 Å². The number of nitrogens with zero attached hydrogens (tertiary/aromatic N) is 2. The molecule has 2 aromatic heterocycles. The first-order chi connectivity index (χ1) is 16.1. The van der Waals surface area contributed by atoms with Gasteiger partial charge in [-0.15, -0.1) is 0 Å². The monoisotopic (exact) mass is 442 g/mol. The second kappa shape index (κ2) is 9.99. The van der Waals surface area contributed by atoms with Gasteiger partial charge in [-0.1, -0.05) is 24.3 Å². The Hall–Kier alpha value is -4.13. The van der Waals surface area contributed by atoms with E-state index in [0.29, 0.717) is 24.4 Å². The smallest absolute Gasteiger partial charge is 0.338 e. The molecule has 168 valence electrons. The molecule has 0 spiro atoms. The number of aryl methyl sites for hydroxylation is 1. The zero-order chi connectivity index (χ0) is 23.2. The second-order valence-electron chi connectivity index (χ2n) is 7.68. The maximum absolute atomic E-state index is 12.6. The largest absolute Gasteiger partial charge is 0.462 e. The van der Waals surface area contributed by atoms with Crippen LogP contribution in [0.25, 0.3) is 10.9 Å².